The summed E-state index contributed by atoms with van der Waals surface area (Å²) in [6.45, 7) is 7.14. The van der Waals surface area contributed by atoms with Crippen molar-refractivity contribution in [3.05, 3.63) is 29.8 Å². The Kier molecular flexibility index (Phi) is 10.6. The van der Waals surface area contributed by atoms with Gasteiger partial charge in [0.2, 0.25) is 0 Å². The highest BCUT2D eigenvalue weighted by Gasteiger charge is 2.03. The molecule has 1 aromatic rings. The highest BCUT2D eigenvalue weighted by atomic mass is 16.5. The van der Waals surface area contributed by atoms with Crippen molar-refractivity contribution in [2.24, 2.45) is 4.99 Å². The number of ether oxygens (including phenoxy) is 2. The first-order valence-electron chi connectivity index (χ1n) is 8.52. The van der Waals surface area contributed by atoms with Crippen LogP contribution in [-0.4, -0.2) is 64.9 Å². The number of hydrogen-bond acceptors (Lipinski definition) is 4. The van der Waals surface area contributed by atoms with Crippen LogP contribution in [0.2, 0.25) is 0 Å². The third kappa shape index (κ3) is 8.17. The van der Waals surface area contributed by atoms with Crippen molar-refractivity contribution >= 4 is 5.96 Å². The summed E-state index contributed by atoms with van der Waals surface area (Å²) < 4.78 is 10.5. The van der Waals surface area contributed by atoms with Gasteiger partial charge in [-0.25, -0.2) is 4.99 Å². The molecule has 6 nitrogen and oxygen atoms in total. The van der Waals surface area contributed by atoms with Crippen molar-refractivity contribution < 1.29 is 9.47 Å². The van der Waals surface area contributed by atoms with Crippen molar-refractivity contribution in [1.82, 2.24) is 15.5 Å². The van der Waals surface area contributed by atoms with Crippen LogP contribution in [0.25, 0.3) is 0 Å². The maximum atomic E-state index is 5.37. The Hall–Kier alpha value is -1.79. The summed E-state index contributed by atoms with van der Waals surface area (Å²) in [5, 5.41) is 6.66. The average Bonchev–Trinajstić information content (AvgIpc) is 2.61. The number of benzene rings is 1. The van der Waals surface area contributed by atoms with Gasteiger partial charge in [-0.1, -0.05) is 18.2 Å². The van der Waals surface area contributed by atoms with Crippen molar-refractivity contribution in [2.75, 3.05) is 54.1 Å². The minimum absolute atomic E-state index is 0.590. The summed E-state index contributed by atoms with van der Waals surface area (Å²) in [4.78, 5) is 6.91. The van der Waals surface area contributed by atoms with E-state index in [0.717, 1.165) is 56.5 Å². The zero-order chi connectivity index (χ0) is 17.6. The summed E-state index contributed by atoms with van der Waals surface area (Å²) in [6, 6.07) is 7.97. The number of guanidine groups is 1. The van der Waals surface area contributed by atoms with E-state index >= 15 is 0 Å². The SMILES string of the molecule is CCNC(=NCc1ccccc1OC)NCCCN(C)CCOC. The van der Waals surface area contributed by atoms with Gasteiger partial charge in [-0.15, -0.1) is 0 Å². The van der Waals surface area contributed by atoms with E-state index in [1.165, 1.54) is 0 Å². The molecule has 0 saturated carbocycles. The lowest BCUT2D eigenvalue weighted by Crippen LogP contribution is -2.38. The van der Waals surface area contributed by atoms with Gasteiger partial charge in [0.05, 0.1) is 20.3 Å². The van der Waals surface area contributed by atoms with Crippen LogP contribution in [0.15, 0.2) is 29.3 Å². The van der Waals surface area contributed by atoms with E-state index in [1.807, 2.05) is 24.3 Å². The van der Waals surface area contributed by atoms with Crippen LogP contribution in [0.5, 0.6) is 5.75 Å². The molecule has 0 aliphatic rings. The first-order chi connectivity index (χ1) is 11.7. The molecule has 1 rings (SSSR count). The van der Waals surface area contributed by atoms with Crippen molar-refractivity contribution in [3.8, 4) is 5.75 Å². The van der Waals surface area contributed by atoms with E-state index in [-0.39, 0.29) is 0 Å². The Morgan fingerprint density at radius 3 is 2.67 bits per heavy atom. The molecule has 0 aliphatic heterocycles. The number of likely N-dealkylation sites (N-methyl/N-ethyl adjacent to an activating group) is 1. The second-order valence-corrected chi connectivity index (χ2v) is 5.58. The second kappa shape index (κ2) is 12.6. The minimum Gasteiger partial charge on any atom is -0.496 e. The Bertz CT molecular complexity index is 480. The Balaban J connectivity index is 2.42. The molecular weight excluding hydrogens is 304 g/mol. The van der Waals surface area contributed by atoms with Gasteiger partial charge in [-0.05, 0) is 33.0 Å². The third-order valence-corrected chi connectivity index (χ3v) is 3.63. The number of aliphatic imine (C=N–C) groups is 1. The van der Waals surface area contributed by atoms with Crippen LogP contribution < -0.4 is 15.4 Å². The normalized spacial score (nSPS) is 11.6. The number of rotatable bonds is 11. The average molecular weight is 336 g/mol. The molecule has 0 fully saturated rings. The molecule has 0 radical (unpaired) electrons. The second-order valence-electron chi connectivity index (χ2n) is 5.58. The summed E-state index contributed by atoms with van der Waals surface area (Å²) in [5.41, 5.74) is 1.08. The zero-order valence-electron chi connectivity index (χ0n) is 15.5. The standard InChI is InChI=1S/C18H32N4O2/c1-5-19-18(20-11-8-12-22(2)13-14-23-3)21-15-16-9-6-7-10-17(16)24-4/h6-7,9-10H,5,8,11-15H2,1-4H3,(H2,19,20,21). The monoisotopic (exact) mass is 336 g/mol. The Labute approximate surface area is 146 Å². The number of para-hydroxylation sites is 1. The fourth-order valence-corrected chi connectivity index (χ4v) is 2.25. The van der Waals surface area contributed by atoms with Gasteiger partial charge >= 0.3 is 0 Å². The van der Waals surface area contributed by atoms with E-state index < -0.39 is 0 Å². The number of hydrogen-bond donors (Lipinski definition) is 2. The van der Waals surface area contributed by atoms with E-state index in [2.05, 4.69) is 34.5 Å². The van der Waals surface area contributed by atoms with Crippen LogP contribution in [-0.2, 0) is 11.3 Å². The van der Waals surface area contributed by atoms with Gasteiger partial charge < -0.3 is 25.0 Å². The van der Waals surface area contributed by atoms with Crippen molar-refractivity contribution in [2.45, 2.75) is 19.9 Å². The van der Waals surface area contributed by atoms with Gasteiger partial charge in [0.15, 0.2) is 5.96 Å². The highest BCUT2D eigenvalue weighted by Crippen LogP contribution is 2.17. The summed E-state index contributed by atoms with van der Waals surface area (Å²) in [5.74, 6) is 1.71. The minimum atomic E-state index is 0.590. The lowest BCUT2D eigenvalue weighted by atomic mass is 10.2. The smallest absolute Gasteiger partial charge is 0.191 e. The van der Waals surface area contributed by atoms with E-state index in [4.69, 9.17) is 9.47 Å². The summed E-state index contributed by atoms with van der Waals surface area (Å²) in [6.07, 6.45) is 1.05. The maximum Gasteiger partial charge on any atom is 0.191 e. The molecule has 136 valence electrons. The number of nitrogens with zero attached hydrogens (tertiary/aromatic N) is 2. The molecule has 0 spiro atoms. The van der Waals surface area contributed by atoms with Gasteiger partial charge in [0.25, 0.3) is 0 Å². The molecule has 0 amide bonds. The Morgan fingerprint density at radius 1 is 1.17 bits per heavy atom. The van der Waals surface area contributed by atoms with Crippen LogP contribution in [0.4, 0.5) is 0 Å². The maximum absolute atomic E-state index is 5.37. The predicted molar refractivity (Wildman–Crippen MR) is 99.8 cm³/mol. The van der Waals surface area contributed by atoms with Gasteiger partial charge in [0.1, 0.15) is 5.75 Å². The van der Waals surface area contributed by atoms with Gasteiger partial charge in [-0.3, -0.25) is 0 Å². The largest absolute Gasteiger partial charge is 0.496 e. The fraction of sp³-hybridized carbons (Fsp3) is 0.611. The number of methoxy groups -OCH3 is 2. The van der Waals surface area contributed by atoms with Crippen LogP contribution in [0.1, 0.15) is 18.9 Å². The quantitative estimate of drug-likeness (QED) is 0.366. The summed E-state index contributed by atoms with van der Waals surface area (Å²) >= 11 is 0. The molecule has 0 bridgehead atoms. The van der Waals surface area contributed by atoms with Gasteiger partial charge in [-0.2, -0.15) is 0 Å². The van der Waals surface area contributed by atoms with Crippen molar-refractivity contribution in [3.63, 3.8) is 0 Å². The molecule has 0 aliphatic carbocycles. The fourth-order valence-electron chi connectivity index (χ4n) is 2.25. The molecule has 0 atom stereocenters. The molecule has 0 aromatic heterocycles. The van der Waals surface area contributed by atoms with E-state index in [0.29, 0.717) is 6.54 Å². The van der Waals surface area contributed by atoms with Crippen LogP contribution in [0, 0.1) is 0 Å². The lowest BCUT2D eigenvalue weighted by molar-refractivity contribution is 0.161. The molecule has 0 saturated heterocycles. The van der Waals surface area contributed by atoms with E-state index in [9.17, 15) is 0 Å². The van der Waals surface area contributed by atoms with Crippen LogP contribution >= 0.6 is 0 Å². The highest BCUT2D eigenvalue weighted by molar-refractivity contribution is 5.79. The first kappa shape index (κ1) is 20.3. The first-order valence-corrected chi connectivity index (χ1v) is 8.52. The molecule has 0 heterocycles. The van der Waals surface area contributed by atoms with Gasteiger partial charge in [0, 0.05) is 32.3 Å². The summed E-state index contributed by atoms with van der Waals surface area (Å²) in [7, 11) is 5.53. The third-order valence-electron chi connectivity index (χ3n) is 3.63. The zero-order valence-corrected chi connectivity index (χ0v) is 15.5. The molecule has 2 N–H and O–H groups in total. The lowest BCUT2D eigenvalue weighted by Gasteiger charge is -2.17. The Morgan fingerprint density at radius 2 is 1.96 bits per heavy atom. The van der Waals surface area contributed by atoms with Crippen molar-refractivity contribution in [1.29, 1.82) is 0 Å². The molecule has 0 unspecified atom stereocenters. The number of nitrogens with one attached hydrogen (secondary N) is 2. The topological polar surface area (TPSA) is 58.1 Å². The van der Waals surface area contributed by atoms with E-state index in [1.54, 1.807) is 14.2 Å². The molecule has 1 aromatic carbocycles. The molecule has 6 heteroatoms. The predicted octanol–water partition coefficient (Wildman–Crippen LogP) is 1.72. The van der Waals surface area contributed by atoms with Crippen LogP contribution in [0.3, 0.4) is 0 Å². The molecule has 24 heavy (non-hydrogen) atoms. The molecular formula is C18H32N4O2.